The van der Waals surface area contributed by atoms with Gasteiger partial charge in [0, 0.05) is 0 Å². The SMILES string of the molecule is O=Cc1cc(-c2ccc(OC(F)(F)F)cc2)ccc1OCc1ccc(C(F)(F)F)cc1. The summed E-state index contributed by atoms with van der Waals surface area (Å²) in [5.74, 6) is -0.154. The first-order valence-electron chi connectivity index (χ1n) is 8.79. The number of rotatable bonds is 6. The summed E-state index contributed by atoms with van der Waals surface area (Å²) in [7, 11) is 0. The van der Waals surface area contributed by atoms with Crippen molar-refractivity contribution in [1.29, 1.82) is 0 Å². The van der Waals surface area contributed by atoms with Crippen molar-refractivity contribution in [2.45, 2.75) is 19.1 Å². The lowest BCUT2D eigenvalue weighted by Crippen LogP contribution is -2.16. The molecule has 0 amide bonds. The fraction of sp³-hybridized carbons (Fsp3) is 0.136. The maximum absolute atomic E-state index is 12.6. The maximum Gasteiger partial charge on any atom is 0.573 e. The molecule has 3 aromatic rings. The number of hydrogen-bond donors (Lipinski definition) is 0. The van der Waals surface area contributed by atoms with Crippen LogP contribution < -0.4 is 9.47 Å². The van der Waals surface area contributed by atoms with Crippen molar-refractivity contribution in [1.82, 2.24) is 0 Å². The second-order valence-electron chi connectivity index (χ2n) is 6.43. The first-order chi connectivity index (χ1) is 14.5. The van der Waals surface area contributed by atoms with Gasteiger partial charge in [-0.05, 0) is 53.1 Å². The van der Waals surface area contributed by atoms with E-state index in [0.717, 1.165) is 24.3 Å². The molecule has 0 N–H and O–H groups in total. The van der Waals surface area contributed by atoms with E-state index in [1.807, 2.05) is 0 Å². The third kappa shape index (κ3) is 6.00. The fourth-order valence-electron chi connectivity index (χ4n) is 2.75. The highest BCUT2D eigenvalue weighted by Crippen LogP contribution is 2.31. The molecular formula is C22H14F6O3. The summed E-state index contributed by atoms with van der Waals surface area (Å²) >= 11 is 0. The molecule has 0 heterocycles. The van der Waals surface area contributed by atoms with Crippen molar-refractivity contribution in [3.05, 3.63) is 83.4 Å². The monoisotopic (exact) mass is 440 g/mol. The van der Waals surface area contributed by atoms with Crippen LogP contribution in [-0.4, -0.2) is 12.6 Å². The first kappa shape index (κ1) is 22.2. The van der Waals surface area contributed by atoms with Gasteiger partial charge in [0.25, 0.3) is 0 Å². The van der Waals surface area contributed by atoms with Crippen LogP contribution >= 0.6 is 0 Å². The summed E-state index contributed by atoms with van der Waals surface area (Å²) < 4.78 is 84.0. The second-order valence-corrected chi connectivity index (χ2v) is 6.43. The summed E-state index contributed by atoms with van der Waals surface area (Å²) in [6.07, 6.45) is -8.68. The zero-order valence-electron chi connectivity index (χ0n) is 15.6. The standard InChI is InChI=1S/C22H14F6O3/c23-21(24,25)18-6-1-14(2-7-18)13-30-20-10-5-16(11-17(20)12-29)15-3-8-19(9-4-15)31-22(26,27)28/h1-12H,13H2. The van der Waals surface area contributed by atoms with Crippen LogP contribution in [0.3, 0.4) is 0 Å². The van der Waals surface area contributed by atoms with Crippen LogP contribution in [0.15, 0.2) is 66.7 Å². The van der Waals surface area contributed by atoms with E-state index >= 15 is 0 Å². The van der Waals surface area contributed by atoms with E-state index in [2.05, 4.69) is 4.74 Å². The van der Waals surface area contributed by atoms with E-state index in [1.165, 1.54) is 36.4 Å². The van der Waals surface area contributed by atoms with E-state index in [-0.39, 0.29) is 23.7 Å². The van der Waals surface area contributed by atoms with Crippen LogP contribution in [0.4, 0.5) is 26.3 Å². The van der Waals surface area contributed by atoms with Crippen LogP contribution in [0.25, 0.3) is 11.1 Å². The number of carbonyl (C=O) groups is 1. The second kappa shape index (κ2) is 8.71. The molecule has 0 atom stereocenters. The Morgan fingerprint density at radius 3 is 1.94 bits per heavy atom. The Kier molecular flexibility index (Phi) is 6.24. The summed E-state index contributed by atoms with van der Waals surface area (Å²) in [5.41, 5.74) is 0.990. The number of aldehydes is 1. The van der Waals surface area contributed by atoms with E-state index in [4.69, 9.17) is 4.74 Å². The Labute approximate surface area is 172 Å². The van der Waals surface area contributed by atoms with E-state index in [9.17, 15) is 31.1 Å². The molecule has 3 rings (SSSR count). The normalized spacial score (nSPS) is 11.8. The molecule has 0 aromatic heterocycles. The van der Waals surface area contributed by atoms with Gasteiger partial charge in [0.2, 0.25) is 0 Å². The molecule has 0 aliphatic carbocycles. The third-order valence-electron chi connectivity index (χ3n) is 4.23. The zero-order valence-corrected chi connectivity index (χ0v) is 15.6. The Balaban J connectivity index is 1.72. The Bertz CT molecular complexity index is 1040. The summed E-state index contributed by atoms with van der Waals surface area (Å²) in [5, 5.41) is 0. The zero-order chi connectivity index (χ0) is 22.6. The van der Waals surface area contributed by atoms with Crippen molar-refractivity contribution in [2.24, 2.45) is 0 Å². The molecule has 0 radical (unpaired) electrons. The number of alkyl halides is 6. The Hall–Kier alpha value is -3.49. The lowest BCUT2D eigenvalue weighted by Gasteiger charge is -2.12. The minimum absolute atomic E-state index is 0.0538. The van der Waals surface area contributed by atoms with Crippen molar-refractivity contribution in [2.75, 3.05) is 0 Å². The van der Waals surface area contributed by atoms with Gasteiger partial charge in [0.05, 0.1) is 11.1 Å². The van der Waals surface area contributed by atoms with Gasteiger partial charge in [-0.25, -0.2) is 0 Å². The molecule has 162 valence electrons. The number of hydrogen-bond acceptors (Lipinski definition) is 3. The van der Waals surface area contributed by atoms with Crippen molar-refractivity contribution in [3.63, 3.8) is 0 Å². The Morgan fingerprint density at radius 2 is 1.39 bits per heavy atom. The van der Waals surface area contributed by atoms with Crippen LogP contribution in [-0.2, 0) is 12.8 Å². The van der Waals surface area contributed by atoms with Gasteiger partial charge >= 0.3 is 12.5 Å². The highest BCUT2D eigenvalue weighted by Gasteiger charge is 2.31. The average Bonchev–Trinajstić information content (AvgIpc) is 2.71. The molecule has 0 aliphatic heterocycles. The highest BCUT2D eigenvalue weighted by molar-refractivity contribution is 5.83. The molecule has 31 heavy (non-hydrogen) atoms. The molecule has 0 saturated carbocycles. The van der Waals surface area contributed by atoms with Gasteiger partial charge in [-0.15, -0.1) is 13.2 Å². The lowest BCUT2D eigenvalue weighted by atomic mass is 10.0. The molecule has 0 bridgehead atoms. The van der Waals surface area contributed by atoms with Gasteiger partial charge in [0.1, 0.15) is 18.1 Å². The van der Waals surface area contributed by atoms with Gasteiger partial charge in [0.15, 0.2) is 6.29 Å². The average molecular weight is 440 g/mol. The molecule has 3 aromatic carbocycles. The molecule has 0 saturated heterocycles. The largest absolute Gasteiger partial charge is 0.573 e. The molecule has 0 aliphatic rings. The molecule has 0 spiro atoms. The molecule has 0 fully saturated rings. The van der Waals surface area contributed by atoms with Gasteiger partial charge in [-0.2, -0.15) is 13.2 Å². The highest BCUT2D eigenvalue weighted by atomic mass is 19.4. The number of carbonyl (C=O) groups excluding carboxylic acids is 1. The lowest BCUT2D eigenvalue weighted by molar-refractivity contribution is -0.274. The van der Waals surface area contributed by atoms with Gasteiger partial charge in [-0.1, -0.05) is 30.3 Å². The number of halogens is 6. The van der Waals surface area contributed by atoms with Crippen LogP contribution in [0.1, 0.15) is 21.5 Å². The smallest absolute Gasteiger partial charge is 0.488 e. The topological polar surface area (TPSA) is 35.5 Å². The van der Waals surface area contributed by atoms with Crippen molar-refractivity contribution < 1.29 is 40.6 Å². The van der Waals surface area contributed by atoms with Crippen LogP contribution in [0.2, 0.25) is 0 Å². The fourth-order valence-corrected chi connectivity index (χ4v) is 2.75. The third-order valence-corrected chi connectivity index (χ3v) is 4.23. The van der Waals surface area contributed by atoms with Crippen molar-refractivity contribution >= 4 is 6.29 Å². The minimum atomic E-state index is -4.79. The molecular weight excluding hydrogens is 426 g/mol. The quantitative estimate of drug-likeness (QED) is 0.318. The van der Waals surface area contributed by atoms with Crippen LogP contribution in [0.5, 0.6) is 11.5 Å². The van der Waals surface area contributed by atoms with Gasteiger partial charge in [-0.3, -0.25) is 4.79 Å². The maximum atomic E-state index is 12.6. The number of ether oxygens (including phenoxy) is 2. The predicted molar refractivity (Wildman–Crippen MR) is 99.7 cm³/mol. The molecule has 9 heteroatoms. The van der Waals surface area contributed by atoms with E-state index < -0.39 is 18.1 Å². The predicted octanol–water partition coefficient (Wildman–Crippen LogP) is 6.66. The van der Waals surface area contributed by atoms with E-state index in [1.54, 1.807) is 6.07 Å². The Morgan fingerprint density at radius 1 is 0.774 bits per heavy atom. The van der Waals surface area contributed by atoms with E-state index in [0.29, 0.717) is 23.0 Å². The molecule has 3 nitrogen and oxygen atoms in total. The van der Waals surface area contributed by atoms with Gasteiger partial charge < -0.3 is 9.47 Å². The van der Waals surface area contributed by atoms with Crippen LogP contribution in [0, 0.1) is 0 Å². The summed E-state index contributed by atoms with van der Waals surface area (Å²) in [6.45, 7) is -0.0538. The molecule has 0 unspecified atom stereocenters. The summed E-state index contributed by atoms with van der Waals surface area (Å²) in [4.78, 5) is 11.4. The van der Waals surface area contributed by atoms with Crippen molar-refractivity contribution in [3.8, 4) is 22.6 Å². The summed E-state index contributed by atoms with van der Waals surface area (Å²) in [6, 6.07) is 14.2. The minimum Gasteiger partial charge on any atom is -0.488 e. The number of benzene rings is 3. The first-order valence-corrected chi connectivity index (χ1v) is 8.79.